The molecule has 1 aromatic carbocycles. The predicted molar refractivity (Wildman–Crippen MR) is 54.0 cm³/mol. The average Bonchev–Trinajstić information content (AvgIpc) is 1.97. The van der Waals surface area contributed by atoms with Gasteiger partial charge in [-0.05, 0) is 46.1 Å². The van der Waals surface area contributed by atoms with Crippen molar-refractivity contribution < 1.29 is 4.39 Å². The molecule has 0 saturated heterocycles. The summed E-state index contributed by atoms with van der Waals surface area (Å²) in [5.74, 6) is -0.254. The van der Waals surface area contributed by atoms with Crippen LogP contribution in [0.1, 0.15) is 11.1 Å². The maximum Gasteiger partial charge on any atom is 0.137 e. The fourth-order valence-electron chi connectivity index (χ4n) is 0.907. The third-order valence-electron chi connectivity index (χ3n) is 1.60. The summed E-state index contributed by atoms with van der Waals surface area (Å²) in [6.07, 6.45) is 0. The van der Waals surface area contributed by atoms with E-state index < -0.39 is 0 Å². The molecule has 0 atom stereocenters. The van der Waals surface area contributed by atoms with Gasteiger partial charge in [0.25, 0.3) is 0 Å². The molecule has 0 fully saturated rings. The van der Waals surface area contributed by atoms with Crippen LogP contribution in [0, 0.1) is 12.7 Å². The number of hydrogen-bond acceptors (Lipinski definition) is 1. The number of nitrogens with two attached hydrogens (primary N) is 1. The van der Waals surface area contributed by atoms with Crippen LogP contribution in [0.25, 0.3) is 0 Å². The van der Waals surface area contributed by atoms with Crippen LogP contribution in [0.4, 0.5) is 4.39 Å². The molecule has 0 aromatic heterocycles. The van der Waals surface area contributed by atoms with E-state index in [4.69, 9.17) is 5.73 Å². The molecule has 0 aliphatic heterocycles. The van der Waals surface area contributed by atoms with E-state index >= 15 is 0 Å². The molecule has 0 amide bonds. The van der Waals surface area contributed by atoms with Crippen LogP contribution in [-0.2, 0) is 6.54 Å². The third-order valence-corrected chi connectivity index (χ3v) is 2.21. The second-order valence-corrected chi connectivity index (χ2v) is 3.25. The van der Waals surface area contributed by atoms with Gasteiger partial charge in [-0.25, -0.2) is 4.39 Å². The summed E-state index contributed by atoms with van der Waals surface area (Å²) >= 11 is 3.09. The Labute approximate surface area is 85.7 Å². The molecule has 68 valence electrons. The van der Waals surface area contributed by atoms with Gasteiger partial charge in [0.2, 0.25) is 0 Å². The van der Waals surface area contributed by atoms with Gasteiger partial charge in [0.15, 0.2) is 0 Å². The van der Waals surface area contributed by atoms with E-state index in [1.807, 2.05) is 6.92 Å². The van der Waals surface area contributed by atoms with E-state index in [2.05, 4.69) is 15.9 Å². The Bertz CT molecular complexity index is 278. The summed E-state index contributed by atoms with van der Waals surface area (Å²) in [4.78, 5) is 0. The topological polar surface area (TPSA) is 26.0 Å². The highest BCUT2D eigenvalue weighted by atomic mass is 79.9. The lowest BCUT2D eigenvalue weighted by atomic mass is 10.1. The number of hydrogen-bond donors (Lipinski definition) is 1. The van der Waals surface area contributed by atoms with Crippen molar-refractivity contribution in [2.45, 2.75) is 13.5 Å². The minimum atomic E-state index is -0.254. The van der Waals surface area contributed by atoms with Crippen LogP contribution in [0.2, 0.25) is 0 Å². The Morgan fingerprint density at radius 3 is 2.58 bits per heavy atom. The largest absolute Gasteiger partial charge is 0.326 e. The number of halogens is 3. The zero-order valence-corrected chi connectivity index (χ0v) is 9.01. The summed E-state index contributed by atoms with van der Waals surface area (Å²) < 4.78 is 13.3. The van der Waals surface area contributed by atoms with Crippen molar-refractivity contribution in [1.29, 1.82) is 0 Å². The Morgan fingerprint density at radius 1 is 1.50 bits per heavy atom. The summed E-state index contributed by atoms with van der Waals surface area (Å²) in [5, 5.41) is 0. The zero-order valence-electron chi connectivity index (χ0n) is 6.60. The van der Waals surface area contributed by atoms with E-state index in [1.165, 1.54) is 6.07 Å². The van der Waals surface area contributed by atoms with E-state index in [-0.39, 0.29) is 18.2 Å². The molecule has 1 aromatic rings. The fraction of sp³-hybridized carbons (Fsp3) is 0.250. The van der Waals surface area contributed by atoms with Crippen molar-refractivity contribution in [3.05, 3.63) is 33.5 Å². The Morgan fingerprint density at radius 2 is 2.08 bits per heavy atom. The quantitative estimate of drug-likeness (QED) is 0.819. The van der Waals surface area contributed by atoms with Crippen LogP contribution in [0.5, 0.6) is 0 Å². The van der Waals surface area contributed by atoms with E-state index in [0.717, 1.165) is 11.1 Å². The second kappa shape index (κ2) is 4.80. The molecule has 0 radical (unpaired) electrons. The van der Waals surface area contributed by atoms with Crippen LogP contribution in [0.3, 0.4) is 0 Å². The van der Waals surface area contributed by atoms with E-state index in [0.29, 0.717) is 11.0 Å². The normalized spacial score (nSPS) is 9.33. The average molecular weight is 255 g/mol. The summed E-state index contributed by atoms with van der Waals surface area (Å²) in [6.45, 7) is 2.29. The first-order valence-electron chi connectivity index (χ1n) is 3.29. The molecule has 0 bridgehead atoms. The smallest absolute Gasteiger partial charge is 0.137 e. The Balaban J connectivity index is 0.00000121. The molecule has 0 unspecified atom stereocenters. The Hall–Kier alpha value is -0.120. The van der Waals surface area contributed by atoms with Crippen molar-refractivity contribution in [3.8, 4) is 0 Å². The van der Waals surface area contributed by atoms with Gasteiger partial charge in [-0.1, -0.05) is 0 Å². The molecule has 1 rings (SSSR count). The fourth-order valence-corrected chi connectivity index (χ4v) is 1.37. The minimum absolute atomic E-state index is 0. The molecule has 0 spiro atoms. The lowest BCUT2D eigenvalue weighted by Gasteiger charge is -2.03. The molecular weight excluding hydrogens is 244 g/mol. The van der Waals surface area contributed by atoms with Crippen molar-refractivity contribution in [2.75, 3.05) is 0 Å². The highest BCUT2D eigenvalue weighted by Crippen LogP contribution is 2.19. The standard InChI is InChI=1S/C8H9BrFN.ClH/c1-5-2-7(9)8(10)3-6(5)4-11;/h2-3H,4,11H2,1H3;1H. The van der Waals surface area contributed by atoms with Crippen LogP contribution in [0.15, 0.2) is 16.6 Å². The summed E-state index contributed by atoms with van der Waals surface area (Å²) in [5.41, 5.74) is 7.25. The lowest BCUT2D eigenvalue weighted by molar-refractivity contribution is 0.618. The molecule has 0 aliphatic rings. The molecule has 12 heavy (non-hydrogen) atoms. The summed E-state index contributed by atoms with van der Waals surface area (Å²) in [7, 11) is 0. The molecule has 0 saturated carbocycles. The molecule has 0 heterocycles. The van der Waals surface area contributed by atoms with Gasteiger partial charge in [-0.2, -0.15) is 0 Å². The molecule has 2 N–H and O–H groups in total. The Kier molecular flexibility index (Phi) is 4.75. The van der Waals surface area contributed by atoms with Gasteiger partial charge >= 0.3 is 0 Å². The van der Waals surface area contributed by atoms with Crippen molar-refractivity contribution in [1.82, 2.24) is 0 Å². The second-order valence-electron chi connectivity index (χ2n) is 2.40. The van der Waals surface area contributed by atoms with Gasteiger partial charge < -0.3 is 5.73 Å². The first kappa shape index (κ1) is 11.9. The van der Waals surface area contributed by atoms with Gasteiger partial charge in [0.1, 0.15) is 5.82 Å². The molecular formula is C8H10BrClFN. The third kappa shape index (κ3) is 2.44. The van der Waals surface area contributed by atoms with E-state index in [1.54, 1.807) is 6.07 Å². The van der Waals surface area contributed by atoms with Crippen LogP contribution < -0.4 is 5.73 Å². The van der Waals surface area contributed by atoms with E-state index in [9.17, 15) is 4.39 Å². The van der Waals surface area contributed by atoms with Crippen molar-refractivity contribution >= 4 is 28.3 Å². The highest BCUT2D eigenvalue weighted by Gasteiger charge is 2.02. The first-order chi connectivity index (χ1) is 5.15. The zero-order chi connectivity index (χ0) is 8.43. The highest BCUT2D eigenvalue weighted by molar-refractivity contribution is 9.10. The molecule has 0 aliphatic carbocycles. The van der Waals surface area contributed by atoms with Crippen molar-refractivity contribution in [3.63, 3.8) is 0 Å². The van der Waals surface area contributed by atoms with Gasteiger partial charge in [0.05, 0.1) is 4.47 Å². The SMILES string of the molecule is Cc1cc(Br)c(F)cc1CN.Cl. The maximum absolute atomic E-state index is 12.8. The summed E-state index contributed by atoms with van der Waals surface area (Å²) in [6, 6.07) is 3.19. The first-order valence-corrected chi connectivity index (χ1v) is 4.09. The number of benzene rings is 1. The molecule has 1 nitrogen and oxygen atoms in total. The number of aryl methyl sites for hydroxylation is 1. The molecule has 4 heteroatoms. The van der Waals surface area contributed by atoms with Gasteiger partial charge in [-0.15, -0.1) is 12.4 Å². The predicted octanol–water partition coefficient (Wildman–Crippen LogP) is 2.78. The van der Waals surface area contributed by atoms with Gasteiger partial charge in [-0.3, -0.25) is 0 Å². The van der Waals surface area contributed by atoms with Crippen molar-refractivity contribution in [2.24, 2.45) is 5.73 Å². The van der Waals surface area contributed by atoms with Crippen LogP contribution >= 0.6 is 28.3 Å². The number of rotatable bonds is 1. The monoisotopic (exact) mass is 253 g/mol. The lowest BCUT2D eigenvalue weighted by Crippen LogP contribution is -1.99. The minimum Gasteiger partial charge on any atom is -0.326 e. The van der Waals surface area contributed by atoms with Gasteiger partial charge in [0, 0.05) is 6.54 Å². The van der Waals surface area contributed by atoms with Crippen LogP contribution in [-0.4, -0.2) is 0 Å². The maximum atomic E-state index is 12.8.